The van der Waals surface area contributed by atoms with Crippen LogP contribution in [0.1, 0.15) is 52.3 Å². The number of nitrogens with zero attached hydrogens (tertiary/aromatic N) is 2. The summed E-state index contributed by atoms with van der Waals surface area (Å²) in [5, 5.41) is 11.5. The van der Waals surface area contributed by atoms with Gasteiger partial charge in [0.25, 0.3) is 11.7 Å². The van der Waals surface area contributed by atoms with Crippen molar-refractivity contribution in [1.82, 2.24) is 14.8 Å². The van der Waals surface area contributed by atoms with Gasteiger partial charge in [0.2, 0.25) is 0 Å². The number of aliphatic hydroxyl groups is 1. The van der Waals surface area contributed by atoms with Gasteiger partial charge in [-0.25, -0.2) is 4.79 Å². The number of amides is 1. The molecule has 1 fully saturated rings. The molecule has 188 valence electrons. The Balaban J connectivity index is 2.18. The highest BCUT2D eigenvalue weighted by atomic mass is 16.5. The third-order valence-corrected chi connectivity index (χ3v) is 6.11. The first kappa shape index (κ1) is 26.0. The molecule has 1 aliphatic rings. The second kappa shape index (κ2) is 10.8. The number of hydrogen-bond acceptors (Lipinski definition) is 7. The molecule has 0 aliphatic carbocycles. The summed E-state index contributed by atoms with van der Waals surface area (Å²) >= 11 is 0. The number of ketones is 1. The topological polar surface area (TPSA) is 112 Å². The van der Waals surface area contributed by atoms with Gasteiger partial charge in [0, 0.05) is 17.8 Å². The molecular weight excluding hydrogens is 450 g/mol. The Morgan fingerprint density at radius 1 is 1.23 bits per heavy atom. The fourth-order valence-corrected chi connectivity index (χ4v) is 4.47. The molecule has 1 amide bonds. The molecule has 2 N–H and O–H groups in total. The summed E-state index contributed by atoms with van der Waals surface area (Å²) in [6.45, 7) is 6.33. The summed E-state index contributed by atoms with van der Waals surface area (Å²) in [6.07, 6.45) is 0.649. The molecule has 1 aromatic carbocycles. The molecule has 0 spiro atoms. The molecule has 1 saturated heterocycles. The number of aromatic nitrogens is 1. The smallest absolute Gasteiger partial charge is 0.355 e. The first-order chi connectivity index (χ1) is 16.6. The summed E-state index contributed by atoms with van der Waals surface area (Å²) in [6, 6.07) is 6.30. The number of carbonyl (C=O) groups is 3. The van der Waals surface area contributed by atoms with E-state index in [4.69, 9.17) is 9.47 Å². The minimum atomic E-state index is -0.799. The van der Waals surface area contributed by atoms with Crippen molar-refractivity contribution in [2.45, 2.75) is 33.2 Å². The minimum Gasteiger partial charge on any atom is -0.507 e. The number of nitrogens with one attached hydrogen (secondary N) is 1. The third-order valence-electron chi connectivity index (χ3n) is 6.11. The van der Waals surface area contributed by atoms with Crippen LogP contribution < -0.4 is 4.74 Å². The molecule has 9 heteroatoms. The summed E-state index contributed by atoms with van der Waals surface area (Å²) < 4.78 is 10.5. The van der Waals surface area contributed by atoms with Crippen molar-refractivity contribution in [2.24, 2.45) is 0 Å². The van der Waals surface area contributed by atoms with Gasteiger partial charge >= 0.3 is 5.97 Å². The van der Waals surface area contributed by atoms with Crippen molar-refractivity contribution in [3.63, 3.8) is 0 Å². The molecular formula is C26H33N3O6. The average Bonchev–Trinajstić information content (AvgIpc) is 3.26. The summed E-state index contributed by atoms with van der Waals surface area (Å²) in [5.74, 6) is -1.75. The molecule has 2 aromatic rings. The SMILES string of the molecule is CCOC(=O)c1[nH]c(C)c(C(O)=C2C(=O)C(=O)N(CCCN(C)C)C2c2cccc(OC)c2)c1C. The molecule has 1 aliphatic heterocycles. The highest BCUT2D eigenvalue weighted by molar-refractivity contribution is 6.46. The number of methoxy groups -OCH3 is 1. The number of rotatable bonds is 9. The predicted molar refractivity (Wildman–Crippen MR) is 131 cm³/mol. The lowest BCUT2D eigenvalue weighted by Crippen LogP contribution is -2.32. The maximum Gasteiger partial charge on any atom is 0.355 e. The Labute approximate surface area is 205 Å². The zero-order valence-corrected chi connectivity index (χ0v) is 21.1. The Morgan fingerprint density at radius 2 is 1.94 bits per heavy atom. The van der Waals surface area contributed by atoms with E-state index in [1.165, 1.54) is 12.0 Å². The number of hydrogen-bond donors (Lipinski definition) is 2. The molecule has 1 aromatic heterocycles. The van der Waals surface area contributed by atoms with E-state index >= 15 is 0 Å². The third kappa shape index (κ3) is 5.09. The van der Waals surface area contributed by atoms with Crippen molar-refractivity contribution in [3.05, 3.63) is 57.9 Å². The monoisotopic (exact) mass is 483 g/mol. The van der Waals surface area contributed by atoms with E-state index in [1.807, 2.05) is 19.0 Å². The molecule has 3 rings (SSSR count). The number of esters is 1. The van der Waals surface area contributed by atoms with Crippen LogP contribution in [0.4, 0.5) is 0 Å². The van der Waals surface area contributed by atoms with Gasteiger partial charge in [-0.1, -0.05) is 12.1 Å². The van der Waals surface area contributed by atoms with Gasteiger partial charge in [-0.15, -0.1) is 0 Å². The highest BCUT2D eigenvalue weighted by Crippen LogP contribution is 2.41. The van der Waals surface area contributed by atoms with Gasteiger partial charge < -0.3 is 29.4 Å². The Hall–Kier alpha value is -3.59. The largest absolute Gasteiger partial charge is 0.507 e. The van der Waals surface area contributed by atoms with Crippen molar-refractivity contribution in [1.29, 1.82) is 0 Å². The molecule has 1 unspecified atom stereocenters. The number of aliphatic hydroxyl groups excluding tert-OH is 1. The number of aryl methyl sites for hydroxylation is 1. The Bertz CT molecular complexity index is 1160. The number of benzene rings is 1. The first-order valence-electron chi connectivity index (χ1n) is 11.6. The van der Waals surface area contributed by atoms with Gasteiger partial charge in [0.05, 0.1) is 25.3 Å². The zero-order valence-electron chi connectivity index (χ0n) is 21.1. The lowest BCUT2D eigenvalue weighted by molar-refractivity contribution is -0.139. The highest BCUT2D eigenvalue weighted by Gasteiger charge is 2.46. The number of H-pyrrole nitrogens is 1. The van der Waals surface area contributed by atoms with E-state index in [0.717, 1.165) is 6.54 Å². The summed E-state index contributed by atoms with van der Waals surface area (Å²) in [5.41, 5.74) is 2.07. The minimum absolute atomic E-state index is 0.0197. The van der Waals surface area contributed by atoms with Gasteiger partial charge in [0.15, 0.2) is 0 Å². The van der Waals surface area contributed by atoms with E-state index in [0.29, 0.717) is 41.1 Å². The lowest BCUT2D eigenvalue weighted by Gasteiger charge is -2.26. The predicted octanol–water partition coefficient (Wildman–Crippen LogP) is 3.19. The van der Waals surface area contributed by atoms with Crippen LogP contribution in [0.5, 0.6) is 5.75 Å². The number of likely N-dealkylation sites (tertiary alicyclic amines) is 1. The molecule has 0 saturated carbocycles. The maximum atomic E-state index is 13.3. The van der Waals surface area contributed by atoms with Gasteiger partial charge in [0.1, 0.15) is 17.2 Å². The van der Waals surface area contributed by atoms with Crippen LogP contribution in [0.3, 0.4) is 0 Å². The lowest BCUT2D eigenvalue weighted by atomic mass is 9.94. The number of ether oxygens (including phenoxy) is 2. The van der Waals surface area contributed by atoms with Crippen LogP contribution in [-0.4, -0.2) is 78.5 Å². The molecule has 0 radical (unpaired) electrons. The second-order valence-corrected chi connectivity index (χ2v) is 8.77. The Morgan fingerprint density at radius 3 is 2.57 bits per heavy atom. The van der Waals surface area contributed by atoms with E-state index in [1.54, 1.807) is 45.0 Å². The maximum absolute atomic E-state index is 13.3. The van der Waals surface area contributed by atoms with Crippen LogP contribution in [0.15, 0.2) is 29.8 Å². The molecule has 2 heterocycles. The Kier molecular flexibility index (Phi) is 8.01. The van der Waals surface area contributed by atoms with Gasteiger partial charge in [-0.05, 0) is 71.1 Å². The van der Waals surface area contributed by atoms with Crippen LogP contribution in [0.2, 0.25) is 0 Å². The fraction of sp³-hybridized carbons (Fsp3) is 0.423. The summed E-state index contributed by atoms with van der Waals surface area (Å²) in [4.78, 5) is 45.2. The van der Waals surface area contributed by atoms with E-state index in [2.05, 4.69) is 4.98 Å². The van der Waals surface area contributed by atoms with Crippen molar-refractivity contribution in [2.75, 3.05) is 40.9 Å². The molecule has 1 atom stereocenters. The quantitative estimate of drug-likeness (QED) is 0.244. The van der Waals surface area contributed by atoms with Gasteiger partial charge in [-0.3, -0.25) is 9.59 Å². The molecule has 9 nitrogen and oxygen atoms in total. The van der Waals surface area contributed by atoms with Crippen LogP contribution in [-0.2, 0) is 14.3 Å². The molecule has 35 heavy (non-hydrogen) atoms. The van der Waals surface area contributed by atoms with E-state index < -0.39 is 23.7 Å². The second-order valence-electron chi connectivity index (χ2n) is 8.77. The van der Waals surface area contributed by atoms with Crippen LogP contribution >= 0.6 is 0 Å². The zero-order chi connectivity index (χ0) is 25.9. The first-order valence-corrected chi connectivity index (χ1v) is 11.6. The van der Waals surface area contributed by atoms with Crippen molar-refractivity contribution >= 4 is 23.4 Å². The number of aromatic amines is 1. The average molecular weight is 484 g/mol. The number of Topliss-reactive ketones (excluding diaryl/α,β-unsaturated/α-hetero) is 1. The normalized spacial score (nSPS) is 17.3. The van der Waals surface area contributed by atoms with Gasteiger partial charge in [-0.2, -0.15) is 0 Å². The van der Waals surface area contributed by atoms with Crippen molar-refractivity contribution < 1.29 is 29.0 Å². The fourth-order valence-electron chi connectivity index (χ4n) is 4.47. The van der Waals surface area contributed by atoms with E-state index in [-0.39, 0.29) is 23.6 Å². The summed E-state index contributed by atoms with van der Waals surface area (Å²) in [7, 11) is 5.41. The molecule has 0 bridgehead atoms. The van der Waals surface area contributed by atoms with Crippen LogP contribution in [0.25, 0.3) is 5.76 Å². The van der Waals surface area contributed by atoms with E-state index in [9.17, 15) is 19.5 Å². The standard InChI is InChI=1S/C26H33N3O6/c1-7-35-26(33)21-15(2)19(16(3)27-21)23(30)20-22(17-10-8-11-18(14-17)34-6)29(25(32)24(20)31)13-9-12-28(4)5/h8,10-11,14,22,27,30H,7,9,12-13H2,1-6H3. The number of carbonyl (C=O) groups excluding carboxylic acids is 3. The van der Waals surface area contributed by atoms with Crippen LogP contribution in [0, 0.1) is 13.8 Å². The van der Waals surface area contributed by atoms with Crippen molar-refractivity contribution in [3.8, 4) is 5.75 Å².